The average Bonchev–Trinajstić information content (AvgIpc) is 2.46. The molecule has 0 saturated carbocycles. The monoisotopic (exact) mass is 269 g/mol. The van der Waals surface area contributed by atoms with E-state index >= 15 is 0 Å². The Labute approximate surface area is 116 Å². The lowest BCUT2D eigenvalue weighted by atomic mass is 10.0. The van der Waals surface area contributed by atoms with Crippen LogP contribution in [0.1, 0.15) is 5.56 Å². The predicted octanol–water partition coefficient (Wildman–Crippen LogP) is 3.62. The van der Waals surface area contributed by atoms with Crippen LogP contribution in [0, 0.1) is 0 Å². The molecular formula is C15H12ClN3. The Balaban J connectivity index is 2.36. The van der Waals surface area contributed by atoms with Gasteiger partial charge in [0.2, 0.25) is 5.95 Å². The first-order valence-electron chi connectivity index (χ1n) is 5.96. The Bertz CT molecular complexity index is 740. The molecule has 94 valence electrons. The molecule has 1 heterocycles. The van der Waals surface area contributed by atoms with E-state index in [0.29, 0.717) is 5.88 Å². The van der Waals surface area contributed by atoms with E-state index in [1.165, 1.54) is 0 Å². The molecule has 0 fully saturated rings. The van der Waals surface area contributed by atoms with Gasteiger partial charge in [0, 0.05) is 16.8 Å². The van der Waals surface area contributed by atoms with Crippen LogP contribution < -0.4 is 5.73 Å². The summed E-state index contributed by atoms with van der Waals surface area (Å²) in [6.45, 7) is 0. The topological polar surface area (TPSA) is 51.8 Å². The zero-order valence-corrected chi connectivity index (χ0v) is 10.9. The Morgan fingerprint density at radius 1 is 0.947 bits per heavy atom. The SMILES string of the molecule is Nc1nc(-c2ccccc2CCl)c2ccccc2n1. The van der Waals surface area contributed by atoms with Crippen molar-refractivity contribution in [1.82, 2.24) is 9.97 Å². The first kappa shape index (κ1) is 11.9. The van der Waals surface area contributed by atoms with Gasteiger partial charge in [-0.15, -0.1) is 11.6 Å². The fraction of sp³-hybridized carbons (Fsp3) is 0.0667. The molecule has 0 saturated heterocycles. The molecule has 0 atom stereocenters. The van der Waals surface area contributed by atoms with E-state index in [0.717, 1.165) is 27.7 Å². The summed E-state index contributed by atoms with van der Waals surface area (Å²) in [5.41, 5.74) is 9.51. The largest absolute Gasteiger partial charge is 0.368 e. The third-order valence-electron chi connectivity index (χ3n) is 3.04. The fourth-order valence-corrected chi connectivity index (χ4v) is 2.40. The predicted molar refractivity (Wildman–Crippen MR) is 78.9 cm³/mol. The third-order valence-corrected chi connectivity index (χ3v) is 3.32. The van der Waals surface area contributed by atoms with Crippen molar-refractivity contribution < 1.29 is 0 Å². The minimum atomic E-state index is 0.276. The van der Waals surface area contributed by atoms with Gasteiger partial charge in [0.15, 0.2) is 0 Å². The number of nitrogens with two attached hydrogens (primary N) is 1. The van der Waals surface area contributed by atoms with Crippen LogP contribution in [0.15, 0.2) is 48.5 Å². The molecule has 2 N–H and O–H groups in total. The molecule has 0 radical (unpaired) electrons. The van der Waals surface area contributed by atoms with Crippen molar-refractivity contribution in [2.24, 2.45) is 0 Å². The maximum absolute atomic E-state index is 6.00. The van der Waals surface area contributed by atoms with E-state index in [1.807, 2.05) is 48.5 Å². The van der Waals surface area contributed by atoms with Gasteiger partial charge in [-0.3, -0.25) is 0 Å². The summed E-state index contributed by atoms with van der Waals surface area (Å²) < 4.78 is 0. The second-order valence-electron chi connectivity index (χ2n) is 4.24. The van der Waals surface area contributed by atoms with Gasteiger partial charge in [-0.1, -0.05) is 42.5 Å². The minimum absolute atomic E-state index is 0.276. The molecule has 0 bridgehead atoms. The minimum Gasteiger partial charge on any atom is -0.368 e. The molecule has 4 heteroatoms. The standard InChI is InChI=1S/C15H12ClN3/c16-9-10-5-1-2-6-11(10)14-12-7-3-4-8-13(12)18-15(17)19-14/h1-8H,9H2,(H2,17,18,19). The molecule has 2 aromatic carbocycles. The number of halogens is 1. The number of fused-ring (bicyclic) bond motifs is 1. The molecule has 0 amide bonds. The average molecular weight is 270 g/mol. The molecular weight excluding hydrogens is 258 g/mol. The van der Waals surface area contributed by atoms with Crippen molar-refractivity contribution in [3.63, 3.8) is 0 Å². The van der Waals surface area contributed by atoms with Gasteiger partial charge in [-0.2, -0.15) is 0 Å². The molecule has 19 heavy (non-hydrogen) atoms. The first-order chi connectivity index (χ1) is 9.29. The van der Waals surface area contributed by atoms with E-state index in [1.54, 1.807) is 0 Å². The second kappa shape index (κ2) is 4.86. The number of alkyl halides is 1. The fourth-order valence-electron chi connectivity index (χ4n) is 2.17. The molecule has 0 aliphatic carbocycles. The van der Waals surface area contributed by atoms with E-state index < -0.39 is 0 Å². The third kappa shape index (κ3) is 2.13. The maximum atomic E-state index is 6.00. The van der Waals surface area contributed by atoms with Crippen molar-refractivity contribution in [2.75, 3.05) is 5.73 Å². The normalized spacial score (nSPS) is 10.8. The molecule has 0 aliphatic rings. The number of anilines is 1. The summed E-state index contributed by atoms with van der Waals surface area (Å²) in [5.74, 6) is 0.715. The van der Waals surface area contributed by atoms with Crippen LogP contribution in [0.5, 0.6) is 0 Å². The highest BCUT2D eigenvalue weighted by Crippen LogP contribution is 2.29. The lowest BCUT2D eigenvalue weighted by Gasteiger charge is -2.10. The van der Waals surface area contributed by atoms with Crippen LogP contribution in [0.4, 0.5) is 5.95 Å². The summed E-state index contributed by atoms with van der Waals surface area (Å²) in [6.07, 6.45) is 0. The number of aromatic nitrogens is 2. The Kier molecular flexibility index (Phi) is 3.05. The van der Waals surface area contributed by atoms with Crippen LogP contribution in [0.25, 0.3) is 22.2 Å². The zero-order valence-electron chi connectivity index (χ0n) is 10.2. The second-order valence-corrected chi connectivity index (χ2v) is 4.51. The van der Waals surface area contributed by atoms with Crippen molar-refractivity contribution >= 4 is 28.5 Å². The molecule has 0 aliphatic heterocycles. The maximum Gasteiger partial charge on any atom is 0.221 e. The van der Waals surface area contributed by atoms with Gasteiger partial charge in [0.05, 0.1) is 11.2 Å². The van der Waals surface area contributed by atoms with Crippen LogP contribution in [0.2, 0.25) is 0 Å². The molecule has 1 aromatic heterocycles. The Hall–Kier alpha value is -2.13. The highest BCUT2D eigenvalue weighted by molar-refractivity contribution is 6.17. The van der Waals surface area contributed by atoms with Gasteiger partial charge in [-0.05, 0) is 11.6 Å². The summed E-state index contributed by atoms with van der Waals surface area (Å²) in [6, 6.07) is 15.8. The summed E-state index contributed by atoms with van der Waals surface area (Å²) >= 11 is 6.00. The van der Waals surface area contributed by atoms with Crippen molar-refractivity contribution in [3.8, 4) is 11.3 Å². The van der Waals surface area contributed by atoms with Crippen molar-refractivity contribution in [2.45, 2.75) is 5.88 Å². The number of hydrogen-bond acceptors (Lipinski definition) is 3. The van der Waals surface area contributed by atoms with Crippen LogP contribution >= 0.6 is 11.6 Å². The molecule has 3 rings (SSSR count). The summed E-state index contributed by atoms with van der Waals surface area (Å²) in [4.78, 5) is 8.64. The van der Waals surface area contributed by atoms with Crippen LogP contribution in [-0.2, 0) is 5.88 Å². The Morgan fingerprint density at radius 3 is 2.53 bits per heavy atom. The number of nitrogens with zero attached hydrogens (tertiary/aromatic N) is 2. The van der Waals surface area contributed by atoms with Gasteiger partial charge >= 0.3 is 0 Å². The van der Waals surface area contributed by atoms with Crippen molar-refractivity contribution in [1.29, 1.82) is 0 Å². The lowest BCUT2D eigenvalue weighted by Crippen LogP contribution is -1.99. The van der Waals surface area contributed by atoms with E-state index in [-0.39, 0.29) is 5.95 Å². The lowest BCUT2D eigenvalue weighted by molar-refractivity contribution is 1.23. The summed E-state index contributed by atoms with van der Waals surface area (Å²) in [7, 11) is 0. The van der Waals surface area contributed by atoms with Gasteiger partial charge < -0.3 is 5.73 Å². The highest BCUT2D eigenvalue weighted by atomic mass is 35.5. The molecule has 0 spiro atoms. The van der Waals surface area contributed by atoms with Crippen LogP contribution in [0.3, 0.4) is 0 Å². The van der Waals surface area contributed by atoms with Crippen LogP contribution in [-0.4, -0.2) is 9.97 Å². The molecule has 3 aromatic rings. The van der Waals surface area contributed by atoms with Crippen molar-refractivity contribution in [3.05, 3.63) is 54.1 Å². The number of hydrogen-bond donors (Lipinski definition) is 1. The first-order valence-corrected chi connectivity index (χ1v) is 6.49. The molecule has 3 nitrogen and oxygen atoms in total. The van der Waals surface area contributed by atoms with Gasteiger partial charge in [0.25, 0.3) is 0 Å². The van der Waals surface area contributed by atoms with E-state index in [4.69, 9.17) is 17.3 Å². The highest BCUT2D eigenvalue weighted by Gasteiger charge is 2.11. The zero-order chi connectivity index (χ0) is 13.2. The quantitative estimate of drug-likeness (QED) is 0.723. The van der Waals surface area contributed by atoms with E-state index in [2.05, 4.69) is 9.97 Å². The van der Waals surface area contributed by atoms with Gasteiger partial charge in [-0.25, -0.2) is 9.97 Å². The number of rotatable bonds is 2. The molecule has 0 unspecified atom stereocenters. The number of para-hydroxylation sites is 1. The Morgan fingerprint density at radius 2 is 1.68 bits per heavy atom. The smallest absolute Gasteiger partial charge is 0.221 e. The van der Waals surface area contributed by atoms with E-state index in [9.17, 15) is 0 Å². The van der Waals surface area contributed by atoms with Gasteiger partial charge in [0.1, 0.15) is 0 Å². The number of benzene rings is 2. The summed E-state index contributed by atoms with van der Waals surface area (Å²) in [5, 5.41) is 0.981. The number of nitrogen functional groups attached to an aromatic ring is 1.